The fraction of sp³-hybridized carbons (Fsp3) is 0.227. The molecule has 7 nitrogen and oxygen atoms in total. The number of carbonyl (C=O) groups is 1. The molecule has 0 bridgehead atoms. The highest BCUT2D eigenvalue weighted by Crippen LogP contribution is 2.24. The number of aromatic nitrogens is 3. The summed E-state index contributed by atoms with van der Waals surface area (Å²) < 4.78 is 8.27. The molecule has 2 aromatic carbocycles. The van der Waals surface area contributed by atoms with E-state index < -0.39 is 0 Å². The minimum absolute atomic E-state index is 0.137. The van der Waals surface area contributed by atoms with Gasteiger partial charge < -0.3 is 10.1 Å². The average Bonchev–Trinajstić information content (AvgIpc) is 3.12. The normalized spacial score (nSPS) is 11.2. The van der Waals surface area contributed by atoms with Crippen molar-refractivity contribution in [1.82, 2.24) is 19.5 Å². The van der Waals surface area contributed by atoms with Gasteiger partial charge in [-0.05, 0) is 55.3 Å². The van der Waals surface area contributed by atoms with Gasteiger partial charge in [-0.3, -0.25) is 14.0 Å². The number of rotatable bonds is 6. The van der Waals surface area contributed by atoms with E-state index in [-0.39, 0.29) is 18.0 Å². The van der Waals surface area contributed by atoms with Gasteiger partial charge in [-0.1, -0.05) is 23.7 Å². The first-order chi connectivity index (χ1) is 14.5. The molecule has 0 aliphatic carbocycles. The van der Waals surface area contributed by atoms with Crippen molar-refractivity contribution in [1.29, 1.82) is 0 Å². The summed E-state index contributed by atoms with van der Waals surface area (Å²) in [5.41, 5.74) is 2.10. The molecule has 0 saturated carbocycles. The molecule has 154 valence electrons. The summed E-state index contributed by atoms with van der Waals surface area (Å²) in [6.45, 7) is 2.14. The number of hydrogen-bond acceptors (Lipinski definition) is 4. The van der Waals surface area contributed by atoms with Gasteiger partial charge in [0.2, 0.25) is 5.91 Å². The van der Waals surface area contributed by atoms with Gasteiger partial charge in [0.15, 0.2) is 0 Å². The van der Waals surface area contributed by atoms with Crippen LogP contribution in [0.5, 0.6) is 5.75 Å². The van der Waals surface area contributed by atoms with Crippen LogP contribution in [0.15, 0.2) is 53.3 Å². The second kappa shape index (κ2) is 8.20. The van der Waals surface area contributed by atoms with Gasteiger partial charge in [0.25, 0.3) is 5.56 Å². The number of aryl methyl sites for hydroxylation is 1. The van der Waals surface area contributed by atoms with Crippen LogP contribution in [0.2, 0.25) is 5.02 Å². The van der Waals surface area contributed by atoms with Gasteiger partial charge in [-0.25, -0.2) is 4.68 Å². The first-order valence-electron chi connectivity index (χ1n) is 9.54. The van der Waals surface area contributed by atoms with Crippen LogP contribution in [-0.4, -0.2) is 33.7 Å². The molecule has 0 atom stereocenters. The molecule has 0 radical (unpaired) electrons. The summed E-state index contributed by atoms with van der Waals surface area (Å²) in [6.07, 6.45) is 0.676. The Kier molecular flexibility index (Phi) is 5.46. The quantitative estimate of drug-likeness (QED) is 0.516. The molecular formula is C22H21ClN4O3. The number of nitrogens with one attached hydrogen (secondary N) is 1. The number of methoxy groups -OCH3 is 1. The maximum Gasteiger partial charge on any atom is 0.291 e. The zero-order valence-corrected chi connectivity index (χ0v) is 17.4. The summed E-state index contributed by atoms with van der Waals surface area (Å²) in [7, 11) is 1.60. The number of nitrogens with zero attached hydrogens (tertiary/aromatic N) is 3. The molecule has 4 rings (SSSR count). The Bertz CT molecular complexity index is 1290. The Morgan fingerprint density at radius 1 is 1.13 bits per heavy atom. The lowest BCUT2D eigenvalue weighted by molar-refractivity contribution is -0.121. The van der Waals surface area contributed by atoms with E-state index in [1.165, 1.54) is 4.68 Å². The van der Waals surface area contributed by atoms with Gasteiger partial charge in [-0.15, -0.1) is 0 Å². The zero-order valence-electron chi connectivity index (χ0n) is 16.7. The molecule has 0 fully saturated rings. The van der Waals surface area contributed by atoms with E-state index in [0.717, 1.165) is 16.5 Å². The molecule has 4 aromatic rings. The van der Waals surface area contributed by atoms with Crippen molar-refractivity contribution < 1.29 is 9.53 Å². The van der Waals surface area contributed by atoms with Crippen LogP contribution in [0.3, 0.4) is 0 Å². The largest absolute Gasteiger partial charge is 0.497 e. The second-order valence-electron chi connectivity index (χ2n) is 7.03. The van der Waals surface area contributed by atoms with Crippen molar-refractivity contribution in [2.75, 3.05) is 13.7 Å². The summed E-state index contributed by atoms with van der Waals surface area (Å²) in [6, 6.07) is 14.9. The summed E-state index contributed by atoms with van der Waals surface area (Å²) in [5, 5.41) is 8.73. The molecular weight excluding hydrogens is 404 g/mol. The lowest BCUT2D eigenvalue weighted by atomic mass is 10.1. The van der Waals surface area contributed by atoms with Crippen molar-refractivity contribution in [3.8, 4) is 5.75 Å². The molecule has 0 unspecified atom stereocenters. The molecule has 0 aliphatic rings. The monoisotopic (exact) mass is 424 g/mol. The number of halogens is 1. The van der Waals surface area contributed by atoms with E-state index in [1.807, 2.05) is 49.4 Å². The first-order valence-corrected chi connectivity index (χ1v) is 9.92. The third-order valence-corrected chi connectivity index (χ3v) is 5.25. The second-order valence-corrected chi connectivity index (χ2v) is 7.46. The Morgan fingerprint density at radius 3 is 2.63 bits per heavy atom. The lowest BCUT2D eigenvalue weighted by Gasteiger charge is -2.09. The Balaban J connectivity index is 1.53. The predicted molar refractivity (Wildman–Crippen MR) is 116 cm³/mol. The average molecular weight is 425 g/mol. The number of ether oxygens (including phenoxy) is 1. The van der Waals surface area contributed by atoms with Gasteiger partial charge in [0.05, 0.1) is 12.6 Å². The highest BCUT2D eigenvalue weighted by Gasteiger charge is 2.14. The SMILES string of the molecule is COc1ccc2c(c1)cc1c(=O)n(CC(=O)NCCc3ccc(Cl)cc3)nc(C)n12. The molecule has 0 spiro atoms. The molecule has 0 saturated heterocycles. The molecule has 30 heavy (non-hydrogen) atoms. The summed E-state index contributed by atoms with van der Waals surface area (Å²) >= 11 is 5.88. The Hall–Kier alpha value is -3.32. The summed E-state index contributed by atoms with van der Waals surface area (Å²) in [4.78, 5) is 25.3. The fourth-order valence-electron chi connectivity index (χ4n) is 3.52. The number of carbonyl (C=O) groups excluding carboxylic acids is 1. The van der Waals surface area contributed by atoms with Crippen molar-refractivity contribution in [3.05, 3.63) is 75.3 Å². The van der Waals surface area contributed by atoms with Crippen LogP contribution in [-0.2, 0) is 17.8 Å². The fourth-order valence-corrected chi connectivity index (χ4v) is 3.65. The minimum Gasteiger partial charge on any atom is -0.497 e. The maximum absolute atomic E-state index is 12.9. The zero-order chi connectivity index (χ0) is 21.3. The van der Waals surface area contributed by atoms with Crippen molar-refractivity contribution in [3.63, 3.8) is 0 Å². The van der Waals surface area contributed by atoms with Gasteiger partial charge in [0, 0.05) is 17.0 Å². The molecule has 8 heteroatoms. The van der Waals surface area contributed by atoms with Crippen LogP contribution >= 0.6 is 11.6 Å². The van der Waals surface area contributed by atoms with Gasteiger partial charge in [-0.2, -0.15) is 5.10 Å². The third-order valence-electron chi connectivity index (χ3n) is 4.99. The standard InChI is InChI=1S/C22H21ClN4O3/c1-14-25-26(13-21(28)24-10-9-15-3-5-17(23)6-4-15)22(29)20-12-16-11-18(30-2)7-8-19(16)27(14)20/h3-8,11-12H,9-10,13H2,1-2H3,(H,24,28). The Morgan fingerprint density at radius 2 is 1.90 bits per heavy atom. The van der Waals surface area contributed by atoms with Gasteiger partial charge >= 0.3 is 0 Å². The van der Waals surface area contributed by atoms with E-state index >= 15 is 0 Å². The van der Waals surface area contributed by atoms with Crippen LogP contribution in [0.1, 0.15) is 11.4 Å². The Labute approximate surface area is 177 Å². The minimum atomic E-state index is -0.316. The van der Waals surface area contributed by atoms with E-state index in [4.69, 9.17) is 16.3 Å². The van der Waals surface area contributed by atoms with Crippen molar-refractivity contribution >= 4 is 33.9 Å². The molecule has 1 amide bonds. The van der Waals surface area contributed by atoms with Gasteiger partial charge in [0.1, 0.15) is 23.6 Å². The van der Waals surface area contributed by atoms with E-state index in [9.17, 15) is 9.59 Å². The smallest absolute Gasteiger partial charge is 0.291 e. The van der Waals surface area contributed by atoms with Crippen molar-refractivity contribution in [2.45, 2.75) is 19.9 Å². The topological polar surface area (TPSA) is 77.6 Å². The molecule has 1 N–H and O–H groups in total. The van der Waals surface area contributed by atoms with Crippen LogP contribution < -0.4 is 15.6 Å². The summed E-state index contributed by atoms with van der Waals surface area (Å²) in [5.74, 6) is 1.07. The number of fused-ring (bicyclic) bond motifs is 3. The predicted octanol–water partition coefficient (Wildman–Crippen LogP) is 2.98. The third kappa shape index (κ3) is 3.89. The van der Waals surface area contributed by atoms with Crippen molar-refractivity contribution in [2.24, 2.45) is 0 Å². The lowest BCUT2D eigenvalue weighted by Crippen LogP contribution is -2.35. The molecule has 0 aliphatic heterocycles. The number of hydrogen-bond donors (Lipinski definition) is 1. The number of benzene rings is 2. The highest BCUT2D eigenvalue weighted by atomic mass is 35.5. The van der Waals surface area contributed by atoms with Crippen LogP contribution in [0, 0.1) is 6.92 Å². The van der Waals surface area contributed by atoms with Crippen LogP contribution in [0.4, 0.5) is 0 Å². The maximum atomic E-state index is 12.9. The first kappa shape index (κ1) is 20.0. The van der Waals surface area contributed by atoms with E-state index in [1.54, 1.807) is 17.6 Å². The van der Waals surface area contributed by atoms with E-state index in [0.29, 0.717) is 35.1 Å². The highest BCUT2D eigenvalue weighted by molar-refractivity contribution is 6.30. The molecule has 2 aromatic heterocycles. The van der Waals surface area contributed by atoms with Crippen LogP contribution in [0.25, 0.3) is 16.4 Å². The number of amides is 1. The van der Waals surface area contributed by atoms with E-state index in [2.05, 4.69) is 10.4 Å². The molecule has 2 heterocycles.